The number of hydrogen-bond acceptors (Lipinski definition) is 8. The van der Waals surface area contributed by atoms with Gasteiger partial charge in [-0.3, -0.25) is 4.90 Å². The number of nitrogens with zero attached hydrogens (tertiary/aromatic N) is 5. The monoisotopic (exact) mass is 617 g/mol. The van der Waals surface area contributed by atoms with Gasteiger partial charge < -0.3 is 28.8 Å². The molecule has 1 aromatic carbocycles. The number of carbonyl (C=O) groups is 2. The van der Waals surface area contributed by atoms with Crippen molar-refractivity contribution in [2.24, 2.45) is 0 Å². The number of aromatic nitrogens is 5. The van der Waals surface area contributed by atoms with Crippen molar-refractivity contribution in [1.82, 2.24) is 34.7 Å². The quantitative estimate of drug-likeness (QED) is 0.209. The summed E-state index contributed by atoms with van der Waals surface area (Å²) in [4.78, 5) is 49.0. The van der Waals surface area contributed by atoms with Crippen LogP contribution >= 0.6 is 0 Å². The number of nitrogens with one attached hydrogen (secondary N) is 2. The lowest BCUT2D eigenvalue weighted by Crippen LogP contribution is -2.37. The van der Waals surface area contributed by atoms with Crippen LogP contribution in [-0.4, -0.2) is 71.2 Å². The first kappa shape index (κ1) is 31.8. The van der Waals surface area contributed by atoms with Gasteiger partial charge in [0.2, 0.25) is 5.89 Å². The number of imidazole rings is 2. The number of rotatable bonds is 8. The van der Waals surface area contributed by atoms with Gasteiger partial charge in [0, 0.05) is 24.2 Å². The van der Waals surface area contributed by atoms with Gasteiger partial charge in [-0.05, 0) is 66.9 Å². The Kier molecular flexibility index (Phi) is 9.03. The maximum absolute atomic E-state index is 12.8. The number of oxazole rings is 1. The summed E-state index contributed by atoms with van der Waals surface area (Å²) in [6.07, 6.45) is 6.91. The Morgan fingerprint density at radius 2 is 1.71 bits per heavy atom. The zero-order valence-electron chi connectivity index (χ0n) is 27.1. The van der Waals surface area contributed by atoms with Crippen LogP contribution < -0.4 is 0 Å². The fourth-order valence-electron chi connectivity index (χ4n) is 5.18. The van der Waals surface area contributed by atoms with Gasteiger partial charge in [0.15, 0.2) is 5.76 Å². The van der Waals surface area contributed by atoms with Crippen LogP contribution in [0, 0.1) is 0 Å². The molecule has 3 aromatic heterocycles. The summed E-state index contributed by atoms with van der Waals surface area (Å²) < 4.78 is 17.3. The highest BCUT2D eigenvalue weighted by molar-refractivity contribution is 5.71. The summed E-state index contributed by atoms with van der Waals surface area (Å²) in [5.41, 5.74) is 2.07. The van der Waals surface area contributed by atoms with Crippen LogP contribution in [0.25, 0.3) is 34.2 Å². The fraction of sp³-hybridized carbons (Fsp3) is 0.485. The van der Waals surface area contributed by atoms with Crippen molar-refractivity contribution >= 4 is 12.2 Å². The Labute approximate surface area is 263 Å². The summed E-state index contributed by atoms with van der Waals surface area (Å²) in [6.45, 7) is 14.6. The number of ether oxygens (including phenoxy) is 2. The zero-order valence-corrected chi connectivity index (χ0v) is 27.1. The lowest BCUT2D eigenvalue weighted by molar-refractivity contribution is 0.0212. The highest BCUT2D eigenvalue weighted by Gasteiger charge is 2.35. The first-order valence-electron chi connectivity index (χ1n) is 15.4. The number of H-pyrrole nitrogens is 2. The van der Waals surface area contributed by atoms with Crippen molar-refractivity contribution in [3.63, 3.8) is 0 Å². The summed E-state index contributed by atoms with van der Waals surface area (Å²) in [5.74, 6) is 2.32. The second-order valence-electron chi connectivity index (χ2n) is 13.3. The average Bonchev–Trinajstić information content (AvgIpc) is 3.76. The SMILES string of the molecule is CCCN(Cc1ncc(-c2ncc(-c3cccc(-c4cnc([C@@H]5CCCN5C(=O)OC(C)(C)C)[nH]4)c3)o2)[nH]1)C(=O)OC(C)(C)C. The predicted molar refractivity (Wildman–Crippen MR) is 169 cm³/mol. The molecule has 1 aliphatic heterocycles. The molecule has 0 bridgehead atoms. The van der Waals surface area contributed by atoms with Gasteiger partial charge in [0.25, 0.3) is 0 Å². The summed E-state index contributed by atoms with van der Waals surface area (Å²) >= 11 is 0. The van der Waals surface area contributed by atoms with Crippen LogP contribution in [0.2, 0.25) is 0 Å². The Morgan fingerprint density at radius 3 is 2.44 bits per heavy atom. The standard InChI is InChI=1S/C33H43N7O5/c1-8-14-39(30(41)44-32(2,3)4)20-27-34-18-24(37-27)29-36-19-26(43-29)22-12-9-11-21(16-22)23-17-35-28(38-23)25-13-10-15-40(25)31(42)45-33(5,6)7/h9,11-12,16-19,25H,8,10,13-15,20H2,1-7H3,(H,34,37)(H,35,38)/t25-/m0/s1. The molecular formula is C33H43N7O5. The molecule has 1 aliphatic rings. The van der Waals surface area contributed by atoms with Crippen molar-refractivity contribution in [2.45, 2.75) is 91.5 Å². The highest BCUT2D eigenvalue weighted by atomic mass is 16.6. The molecule has 12 nitrogen and oxygen atoms in total. The number of hydrogen-bond donors (Lipinski definition) is 2. The number of amides is 2. The van der Waals surface area contributed by atoms with Crippen molar-refractivity contribution in [2.75, 3.05) is 13.1 Å². The van der Waals surface area contributed by atoms with E-state index in [1.54, 1.807) is 28.4 Å². The van der Waals surface area contributed by atoms with Crippen molar-refractivity contribution in [3.05, 3.63) is 54.5 Å². The molecule has 1 fully saturated rings. The molecular weight excluding hydrogens is 574 g/mol. The molecule has 2 N–H and O–H groups in total. The maximum Gasteiger partial charge on any atom is 0.410 e. The summed E-state index contributed by atoms with van der Waals surface area (Å²) in [6, 6.07) is 7.74. The molecule has 0 unspecified atom stereocenters. The van der Waals surface area contributed by atoms with Gasteiger partial charge in [0.1, 0.15) is 28.5 Å². The molecule has 0 spiro atoms. The van der Waals surface area contributed by atoms with Gasteiger partial charge in [-0.25, -0.2) is 24.5 Å². The largest absolute Gasteiger partial charge is 0.444 e. The van der Waals surface area contributed by atoms with Gasteiger partial charge in [-0.2, -0.15) is 0 Å². The van der Waals surface area contributed by atoms with E-state index in [2.05, 4.69) is 24.9 Å². The van der Waals surface area contributed by atoms with Crippen LogP contribution in [0.1, 0.15) is 85.4 Å². The van der Waals surface area contributed by atoms with Gasteiger partial charge in [-0.1, -0.05) is 25.1 Å². The zero-order chi connectivity index (χ0) is 32.4. The van der Waals surface area contributed by atoms with Gasteiger partial charge in [0.05, 0.1) is 36.9 Å². The minimum Gasteiger partial charge on any atom is -0.444 e. The topological polar surface area (TPSA) is 142 Å². The number of likely N-dealkylation sites (tertiary alicyclic amines) is 1. The minimum atomic E-state index is -0.582. The van der Waals surface area contributed by atoms with E-state index in [1.807, 2.05) is 72.7 Å². The first-order chi connectivity index (χ1) is 21.3. The molecule has 0 radical (unpaired) electrons. The van der Waals surface area contributed by atoms with Crippen LogP contribution in [0.15, 0.2) is 47.3 Å². The third-order valence-corrected chi connectivity index (χ3v) is 7.10. The van der Waals surface area contributed by atoms with E-state index < -0.39 is 11.2 Å². The van der Waals surface area contributed by atoms with Crippen LogP contribution in [0.5, 0.6) is 0 Å². The summed E-state index contributed by atoms with van der Waals surface area (Å²) in [5, 5.41) is 0. The molecule has 2 amide bonds. The third-order valence-electron chi connectivity index (χ3n) is 7.10. The molecule has 1 saturated heterocycles. The molecule has 4 aromatic rings. The smallest absolute Gasteiger partial charge is 0.410 e. The Balaban J connectivity index is 1.28. The molecule has 1 atom stereocenters. The number of benzene rings is 1. The normalized spacial score (nSPS) is 15.4. The molecule has 5 rings (SSSR count). The lowest BCUT2D eigenvalue weighted by Gasteiger charge is -2.27. The van der Waals surface area contributed by atoms with Crippen LogP contribution in [0.4, 0.5) is 9.59 Å². The molecule has 45 heavy (non-hydrogen) atoms. The van der Waals surface area contributed by atoms with Gasteiger partial charge in [-0.15, -0.1) is 0 Å². The van der Waals surface area contributed by atoms with Crippen LogP contribution in [-0.2, 0) is 16.0 Å². The van der Waals surface area contributed by atoms with E-state index in [0.29, 0.717) is 36.3 Å². The lowest BCUT2D eigenvalue weighted by atomic mass is 10.1. The average molecular weight is 618 g/mol. The van der Waals surface area contributed by atoms with Crippen LogP contribution in [0.3, 0.4) is 0 Å². The van der Waals surface area contributed by atoms with E-state index in [1.165, 1.54) is 0 Å². The van der Waals surface area contributed by atoms with Crippen molar-refractivity contribution in [3.8, 4) is 34.2 Å². The fourth-order valence-corrected chi connectivity index (χ4v) is 5.18. The van der Waals surface area contributed by atoms with Crippen molar-refractivity contribution < 1.29 is 23.5 Å². The van der Waals surface area contributed by atoms with E-state index in [4.69, 9.17) is 13.9 Å². The third kappa shape index (κ3) is 7.92. The molecule has 0 aliphatic carbocycles. The van der Waals surface area contributed by atoms with Crippen molar-refractivity contribution in [1.29, 1.82) is 0 Å². The molecule has 0 saturated carbocycles. The second-order valence-corrected chi connectivity index (χ2v) is 13.3. The predicted octanol–water partition coefficient (Wildman–Crippen LogP) is 7.34. The highest BCUT2D eigenvalue weighted by Crippen LogP contribution is 2.34. The minimum absolute atomic E-state index is 0.161. The summed E-state index contributed by atoms with van der Waals surface area (Å²) in [7, 11) is 0. The number of carbonyl (C=O) groups excluding carboxylic acids is 2. The Bertz CT molecular complexity index is 1620. The molecule has 240 valence electrons. The van der Waals surface area contributed by atoms with E-state index in [0.717, 1.165) is 41.9 Å². The van der Waals surface area contributed by atoms with E-state index in [-0.39, 0.29) is 24.8 Å². The Hall–Kier alpha value is -4.61. The first-order valence-corrected chi connectivity index (χ1v) is 15.4. The maximum atomic E-state index is 12.8. The molecule has 12 heteroatoms. The number of aromatic amines is 2. The van der Waals surface area contributed by atoms with Gasteiger partial charge >= 0.3 is 12.2 Å². The Morgan fingerprint density at radius 1 is 0.978 bits per heavy atom. The molecule has 4 heterocycles. The second kappa shape index (κ2) is 12.8. The van der Waals surface area contributed by atoms with E-state index in [9.17, 15) is 9.59 Å². The van der Waals surface area contributed by atoms with E-state index >= 15 is 0 Å².